The Bertz CT molecular complexity index is 1140. The number of rotatable bonds is 7. The quantitative estimate of drug-likeness (QED) is 0.293. The summed E-state index contributed by atoms with van der Waals surface area (Å²) in [5, 5.41) is 13.8. The summed E-state index contributed by atoms with van der Waals surface area (Å²) >= 11 is 0. The Kier molecular flexibility index (Phi) is 6.68. The molecule has 0 saturated carbocycles. The SMILES string of the molecule is [B]C(O)(NC(=O)c1c(C)[nH]c(/C=C2\C(=O)Nc3ccc(F)cc32)c1C)C([B])([B])N(CC)CC. The number of aryl methyl sites for hydroxylation is 1. The Balaban J connectivity index is 1.95. The normalized spacial score (nSPS) is 16.6. The molecule has 0 fully saturated rings. The summed E-state index contributed by atoms with van der Waals surface area (Å²) in [5.74, 6) is -1.57. The second kappa shape index (κ2) is 8.87. The van der Waals surface area contributed by atoms with E-state index in [1.54, 1.807) is 33.8 Å². The van der Waals surface area contributed by atoms with Crippen molar-refractivity contribution >= 4 is 52.7 Å². The van der Waals surface area contributed by atoms with Gasteiger partial charge in [-0.3, -0.25) is 9.59 Å². The number of likely N-dealkylation sites (N-methyl/N-ethyl adjacent to an activating group) is 1. The third kappa shape index (κ3) is 4.39. The van der Waals surface area contributed by atoms with Crippen LogP contribution in [-0.4, -0.2) is 74.4 Å². The number of nitrogens with one attached hydrogen (secondary N) is 3. The fourth-order valence-electron chi connectivity index (χ4n) is 4.03. The summed E-state index contributed by atoms with van der Waals surface area (Å²) in [4.78, 5) is 30.0. The highest BCUT2D eigenvalue weighted by atomic mass is 19.1. The van der Waals surface area contributed by atoms with Crippen LogP contribution in [0.25, 0.3) is 11.6 Å². The van der Waals surface area contributed by atoms with E-state index in [-0.39, 0.29) is 17.0 Å². The van der Waals surface area contributed by atoms with Crippen molar-refractivity contribution in [2.45, 2.75) is 38.7 Å². The number of H-pyrrole nitrogens is 1. The number of fused-ring (bicyclic) bond motifs is 1. The van der Waals surface area contributed by atoms with Gasteiger partial charge in [-0.1, -0.05) is 13.8 Å². The minimum absolute atomic E-state index is 0.207. The minimum atomic E-state index is -2.45. The highest BCUT2D eigenvalue weighted by Crippen LogP contribution is 2.34. The molecule has 1 aliphatic heterocycles. The van der Waals surface area contributed by atoms with Crippen LogP contribution in [-0.2, 0) is 4.79 Å². The van der Waals surface area contributed by atoms with E-state index in [2.05, 4.69) is 15.6 Å². The van der Waals surface area contributed by atoms with Crippen LogP contribution in [0.1, 0.15) is 46.7 Å². The number of aromatic nitrogens is 1. The first kappa shape index (κ1) is 24.9. The van der Waals surface area contributed by atoms with Crippen molar-refractivity contribution in [1.29, 1.82) is 0 Å². The zero-order chi connectivity index (χ0) is 24.7. The molecule has 3 rings (SSSR count). The van der Waals surface area contributed by atoms with Gasteiger partial charge >= 0.3 is 0 Å². The fourth-order valence-corrected chi connectivity index (χ4v) is 4.03. The fraction of sp³-hybridized carbons (Fsp3) is 0.364. The average Bonchev–Trinajstić information content (AvgIpc) is 3.17. The molecule has 1 atom stereocenters. The number of benzene rings is 1. The number of anilines is 1. The highest BCUT2D eigenvalue weighted by Gasteiger charge is 2.42. The number of hydrogen-bond acceptors (Lipinski definition) is 4. The van der Waals surface area contributed by atoms with Gasteiger partial charge < -0.3 is 25.6 Å². The summed E-state index contributed by atoms with van der Waals surface area (Å²) in [6.45, 7) is 7.69. The van der Waals surface area contributed by atoms with Crippen molar-refractivity contribution in [2.75, 3.05) is 18.4 Å². The number of halogens is 1. The van der Waals surface area contributed by atoms with Crippen LogP contribution < -0.4 is 10.6 Å². The van der Waals surface area contributed by atoms with Crippen molar-refractivity contribution in [2.24, 2.45) is 0 Å². The van der Waals surface area contributed by atoms with Crippen molar-refractivity contribution in [3.8, 4) is 0 Å². The zero-order valence-corrected chi connectivity index (χ0v) is 19.0. The van der Waals surface area contributed by atoms with E-state index in [0.29, 0.717) is 41.3 Å². The average molecular weight is 444 g/mol. The monoisotopic (exact) mass is 444 g/mol. The van der Waals surface area contributed by atoms with Gasteiger partial charge in [-0.15, -0.1) is 0 Å². The Morgan fingerprint density at radius 1 is 1.24 bits per heavy atom. The number of nitrogens with zero attached hydrogens (tertiary/aromatic N) is 1. The molecule has 6 radical (unpaired) electrons. The first-order valence-electron chi connectivity index (χ1n) is 10.5. The number of amides is 2. The lowest BCUT2D eigenvalue weighted by Gasteiger charge is -2.49. The number of aliphatic hydroxyl groups is 1. The van der Waals surface area contributed by atoms with Crippen LogP contribution in [0.2, 0.25) is 0 Å². The molecule has 166 valence electrons. The Hall–Kier alpha value is -2.78. The van der Waals surface area contributed by atoms with Crippen LogP contribution in [0, 0.1) is 19.7 Å². The van der Waals surface area contributed by atoms with Gasteiger partial charge in [-0.2, -0.15) is 0 Å². The van der Waals surface area contributed by atoms with Gasteiger partial charge in [0.15, 0.2) is 0 Å². The number of carbonyl (C=O) groups is 2. The second-order valence-electron chi connectivity index (χ2n) is 8.08. The maximum atomic E-state index is 13.7. The standard InChI is InChI=1S/C22H24B3FN4O3/c1-5-30(6-2)21(23,24)22(25,33)29-20(32)18-11(3)17(27-12(18)4)10-15-14-9-13(26)7-8-16(14)28-19(15)31/h7-10,27,33H,5-6H2,1-4H3,(H,28,31)(H,29,32)/b15-10-. The largest absolute Gasteiger partial charge is 0.380 e. The molecule has 1 aromatic carbocycles. The third-order valence-electron chi connectivity index (χ3n) is 5.96. The maximum absolute atomic E-state index is 13.7. The molecule has 1 aromatic heterocycles. The van der Waals surface area contributed by atoms with Crippen molar-refractivity contribution < 1.29 is 19.1 Å². The van der Waals surface area contributed by atoms with Crippen LogP contribution in [0.15, 0.2) is 18.2 Å². The molecular formula is C22H24B3FN4O3. The van der Waals surface area contributed by atoms with Crippen molar-refractivity contribution in [3.05, 3.63) is 52.1 Å². The summed E-state index contributed by atoms with van der Waals surface area (Å²) in [7, 11) is 18.1. The molecule has 0 spiro atoms. The molecular weight excluding hydrogens is 420 g/mol. The van der Waals surface area contributed by atoms with Gasteiger partial charge in [-0.25, -0.2) is 4.39 Å². The van der Waals surface area contributed by atoms with Crippen LogP contribution >= 0.6 is 0 Å². The van der Waals surface area contributed by atoms with Crippen LogP contribution in [0.3, 0.4) is 0 Å². The highest BCUT2D eigenvalue weighted by molar-refractivity contribution is 6.45. The predicted molar refractivity (Wildman–Crippen MR) is 128 cm³/mol. The lowest BCUT2D eigenvalue weighted by molar-refractivity contribution is -0.110. The molecule has 4 N–H and O–H groups in total. The first-order valence-corrected chi connectivity index (χ1v) is 10.5. The van der Waals surface area contributed by atoms with E-state index < -0.39 is 22.7 Å². The van der Waals surface area contributed by atoms with Gasteiger partial charge in [0.25, 0.3) is 11.8 Å². The molecule has 1 unspecified atom stereocenters. The molecule has 33 heavy (non-hydrogen) atoms. The van der Waals surface area contributed by atoms with Gasteiger partial charge in [0.05, 0.1) is 32.5 Å². The zero-order valence-electron chi connectivity index (χ0n) is 19.0. The van der Waals surface area contributed by atoms with Gasteiger partial charge in [-0.05, 0) is 62.1 Å². The van der Waals surface area contributed by atoms with Crippen LogP contribution in [0.5, 0.6) is 0 Å². The van der Waals surface area contributed by atoms with Gasteiger partial charge in [0, 0.05) is 22.6 Å². The molecule has 11 heteroatoms. The summed E-state index contributed by atoms with van der Waals surface area (Å²) in [6.07, 6.45) is 1.54. The van der Waals surface area contributed by atoms with Gasteiger partial charge in [0.2, 0.25) is 0 Å². The maximum Gasteiger partial charge on any atom is 0.256 e. The second-order valence-corrected chi connectivity index (χ2v) is 8.08. The summed E-state index contributed by atoms with van der Waals surface area (Å²) in [5.41, 5.74) is 0.353. The molecule has 7 nitrogen and oxygen atoms in total. The molecule has 0 saturated heterocycles. The van der Waals surface area contributed by atoms with E-state index in [0.717, 1.165) is 0 Å². The Morgan fingerprint density at radius 3 is 2.48 bits per heavy atom. The number of carbonyl (C=O) groups excluding carboxylic acids is 2. The lowest BCUT2D eigenvalue weighted by Crippen LogP contribution is -2.72. The van der Waals surface area contributed by atoms with Crippen LogP contribution in [0.4, 0.5) is 10.1 Å². The van der Waals surface area contributed by atoms with E-state index >= 15 is 0 Å². The lowest BCUT2D eigenvalue weighted by atomic mass is 9.49. The van der Waals surface area contributed by atoms with E-state index in [4.69, 9.17) is 23.5 Å². The van der Waals surface area contributed by atoms with Gasteiger partial charge in [0.1, 0.15) is 13.7 Å². The molecule has 2 amide bonds. The molecule has 2 aromatic rings. The molecule has 0 bridgehead atoms. The number of hydrogen-bond donors (Lipinski definition) is 4. The summed E-state index contributed by atoms with van der Waals surface area (Å²) < 4.78 is 13.7. The van der Waals surface area contributed by atoms with E-state index in [9.17, 15) is 19.1 Å². The topological polar surface area (TPSA) is 97.5 Å². The van der Waals surface area contributed by atoms with Crippen molar-refractivity contribution in [3.63, 3.8) is 0 Å². The third-order valence-corrected chi connectivity index (χ3v) is 5.96. The van der Waals surface area contributed by atoms with E-state index in [1.807, 2.05) is 0 Å². The van der Waals surface area contributed by atoms with Crippen molar-refractivity contribution in [1.82, 2.24) is 15.2 Å². The Morgan fingerprint density at radius 2 is 1.88 bits per heavy atom. The molecule has 2 heterocycles. The predicted octanol–water partition coefficient (Wildman–Crippen LogP) is 1.14. The smallest absolute Gasteiger partial charge is 0.256 e. The molecule has 0 aliphatic carbocycles. The minimum Gasteiger partial charge on any atom is -0.380 e. The Labute approximate surface area is 196 Å². The number of aromatic amines is 1. The van der Waals surface area contributed by atoms with E-state index in [1.165, 1.54) is 23.1 Å². The first-order chi connectivity index (χ1) is 15.3. The summed E-state index contributed by atoms with van der Waals surface area (Å²) in [6, 6.07) is 4.01. The molecule has 1 aliphatic rings.